The second-order valence-electron chi connectivity index (χ2n) is 19.1. The quantitative estimate of drug-likeness (QED) is 0.0982. The van der Waals surface area contributed by atoms with E-state index in [-0.39, 0.29) is 5.41 Å². The summed E-state index contributed by atoms with van der Waals surface area (Å²) in [4.78, 5) is 2.44. The molecular formula is C65H58N2. The summed E-state index contributed by atoms with van der Waals surface area (Å²) in [6.45, 7) is 10.7. The second kappa shape index (κ2) is 17.8. The van der Waals surface area contributed by atoms with E-state index in [1.165, 1.54) is 89.9 Å². The molecule has 0 amide bonds. The van der Waals surface area contributed by atoms with Gasteiger partial charge in [0.1, 0.15) is 0 Å². The first-order chi connectivity index (χ1) is 32.9. The zero-order valence-electron chi connectivity index (χ0n) is 38.9. The van der Waals surface area contributed by atoms with Crippen LogP contribution in [0.1, 0.15) is 74.0 Å². The molecule has 1 aromatic heterocycles. The fraction of sp³-hybridized carbons (Fsp3) is 0.169. The molecule has 6 aromatic carbocycles. The molecule has 4 aliphatic rings. The predicted octanol–water partition coefficient (Wildman–Crippen LogP) is 17.5. The zero-order valence-corrected chi connectivity index (χ0v) is 38.9. The lowest BCUT2D eigenvalue weighted by atomic mass is 9.74. The number of hydrogen-bond donors (Lipinski definition) is 0. The van der Waals surface area contributed by atoms with Gasteiger partial charge in [0.25, 0.3) is 0 Å². The fourth-order valence-corrected chi connectivity index (χ4v) is 11.2. The number of aromatic nitrogens is 1. The molecule has 0 radical (unpaired) electrons. The predicted molar refractivity (Wildman–Crippen MR) is 287 cm³/mol. The van der Waals surface area contributed by atoms with Gasteiger partial charge in [-0.2, -0.15) is 0 Å². The standard InChI is InChI=1S/C65H58N2/c1-5-7-15-46(6-2)47-25-27-48(28-26-47)49-29-34-54(35-30-49)66(55-36-31-50(32-37-55)57-20-13-19-53-44-45(3)24-38-58(53)57)56-40-42-65(4,43-41-56)59-21-14-23-61-64(59)63(52-17-9-8-10-18-52)62-39-33-51-16-11-12-22-60(51)67(61)62/h5-10,12-15,17-42,45,51,60H,1,11,16,43-44H2,2-4H3/b15-7-,46-6+. The van der Waals surface area contributed by atoms with E-state index in [9.17, 15) is 0 Å². The van der Waals surface area contributed by atoms with Crippen molar-refractivity contribution in [1.82, 2.24) is 4.57 Å². The highest BCUT2D eigenvalue weighted by molar-refractivity contribution is 6.04. The first-order valence-electron chi connectivity index (χ1n) is 24.2. The van der Waals surface area contributed by atoms with Gasteiger partial charge in [-0.15, -0.1) is 0 Å². The molecule has 67 heavy (non-hydrogen) atoms. The van der Waals surface area contributed by atoms with Crippen molar-refractivity contribution in [2.24, 2.45) is 11.8 Å². The van der Waals surface area contributed by atoms with Gasteiger partial charge >= 0.3 is 0 Å². The van der Waals surface area contributed by atoms with Gasteiger partial charge in [-0.05, 0) is 137 Å². The monoisotopic (exact) mass is 866 g/mol. The van der Waals surface area contributed by atoms with Crippen LogP contribution in [-0.4, -0.2) is 4.57 Å². The molecule has 0 bridgehead atoms. The fourth-order valence-electron chi connectivity index (χ4n) is 11.2. The van der Waals surface area contributed by atoms with Crippen molar-refractivity contribution in [2.75, 3.05) is 4.90 Å². The molecular weight excluding hydrogens is 809 g/mol. The van der Waals surface area contributed by atoms with Gasteiger partial charge in [-0.1, -0.05) is 196 Å². The smallest absolute Gasteiger partial charge is 0.0585 e. The van der Waals surface area contributed by atoms with Gasteiger partial charge in [-0.3, -0.25) is 0 Å². The Balaban J connectivity index is 0.973. The number of benzene rings is 6. The van der Waals surface area contributed by atoms with Crippen molar-refractivity contribution in [3.05, 3.63) is 247 Å². The lowest BCUT2D eigenvalue weighted by molar-refractivity contribution is 0.419. The van der Waals surface area contributed by atoms with Crippen LogP contribution in [0.2, 0.25) is 0 Å². The maximum absolute atomic E-state index is 3.85. The van der Waals surface area contributed by atoms with Crippen LogP contribution in [0.5, 0.6) is 0 Å². The van der Waals surface area contributed by atoms with Crippen molar-refractivity contribution < 1.29 is 0 Å². The van der Waals surface area contributed by atoms with Gasteiger partial charge < -0.3 is 9.47 Å². The van der Waals surface area contributed by atoms with E-state index in [1.807, 2.05) is 12.2 Å². The van der Waals surface area contributed by atoms with Gasteiger partial charge in [0, 0.05) is 45.0 Å². The number of rotatable bonds is 10. The topological polar surface area (TPSA) is 8.17 Å². The van der Waals surface area contributed by atoms with E-state index in [2.05, 4.69) is 243 Å². The molecule has 0 saturated carbocycles. The molecule has 2 heteroatoms. The van der Waals surface area contributed by atoms with E-state index in [1.54, 1.807) is 0 Å². The molecule has 7 aromatic rings. The van der Waals surface area contributed by atoms with Gasteiger partial charge in [-0.25, -0.2) is 0 Å². The second-order valence-corrected chi connectivity index (χ2v) is 19.1. The van der Waals surface area contributed by atoms with Crippen molar-refractivity contribution in [1.29, 1.82) is 0 Å². The van der Waals surface area contributed by atoms with Crippen LogP contribution in [-0.2, 0) is 11.8 Å². The maximum atomic E-state index is 3.85. The number of fused-ring (bicyclic) bond motifs is 6. The minimum absolute atomic E-state index is 0.229. The summed E-state index contributed by atoms with van der Waals surface area (Å²) in [6.07, 6.45) is 34.1. The summed E-state index contributed by atoms with van der Waals surface area (Å²) < 4.78 is 2.64. The van der Waals surface area contributed by atoms with Crippen LogP contribution < -0.4 is 4.90 Å². The summed E-state index contributed by atoms with van der Waals surface area (Å²) in [5.41, 5.74) is 19.9. The SMILES string of the molecule is C=C/C=C\C(=C/C)c1ccc(-c2ccc(N(C3=CCC(C)(c4cccc5c4c(-c4ccccc4)c4n5C5C=CCCC5C=C4)C=C3)c3ccc(-c4cccc5c4C=CC(C)C5)cc3)cc2)cc1. The largest absolute Gasteiger partial charge is 0.333 e. The first-order valence-corrected chi connectivity index (χ1v) is 24.2. The molecule has 4 atom stereocenters. The lowest BCUT2D eigenvalue weighted by Gasteiger charge is -2.34. The normalized spacial score (nSPS) is 20.7. The Morgan fingerprint density at radius 1 is 0.731 bits per heavy atom. The van der Waals surface area contributed by atoms with E-state index < -0.39 is 0 Å². The Morgan fingerprint density at radius 2 is 1.46 bits per heavy atom. The van der Waals surface area contributed by atoms with E-state index in [0.717, 1.165) is 30.6 Å². The van der Waals surface area contributed by atoms with E-state index in [4.69, 9.17) is 0 Å². The first kappa shape index (κ1) is 42.2. The molecule has 0 fully saturated rings. The molecule has 3 aliphatic carbocycles. The van der Waals surface area contributed by atoms with Crippen molar-refractivity contribution in [2.45, 2.75) is 57.9 Å². The molecule has 2 heterocycles. The van der Waals surface area contributed by atoms with Crippen molar-refractivity contribution in [3.63, 3.8) is 0 Å². The van der Waals surface area contributed by atoms with Gasteiger partial charge in [0.05, 0.1) is 11.6 Å². The Morgan fingerprint density at radius 3 is 2.18 bits per heavy atom. The Kier molecular flexibility index (Phi) is 11.2. The maximum Gasteiger partial charge on any atom is 0.0585 e. The highest BCUT2D eigenvalue weighted by atomic mass is 15.1. The van der Waals surface area contributed by atoms with E-state index in [0.29, 0.717) is 17.9 Å². The summed E-state index contributed by atoms with van der Waals surface area (Å²) >= 11 is 0. The molecule has 4 unspecified atom stereocenters. The summed E-state index contributed by atoms with van der Waals surface area (Å²) in [7, 11) is 0. The van der Waals surface area contributed by atoms with Crippen LogP contribution in [0.15, 0.2) is 219 Å². The average Bonchev–Trinajstić information content (AvgIpc) is 3.73. The van der Waals surface area contributed by atoms with Gasteiger partial charge in [0.15, 0.2) is 0 Å². The summed E-state index contributed by atoms with van der Waals surface area (Å²) in [6, 6.07) is 52.4. The van der Waals surface area contributed by atoms with Crippen LogP contribution >= 0.6 is 0 Å². The Labute approximate surface area is 397 Å². The molecule has 328 valence electrons. The third-order valence-corrected chi connectivity index (χ3v) is 14.8. The lowest BCUT2D eigenvalue weighted by Crippen LogP contribution is -2.25. The molecule has 2 nitrogen and oxygen atoms in total. The molecule has 0 N–H and O–H groups in total. The zero-order chi connectivity index (χ0) is 45.5. The average molecular weight is 867 g/mol. The molecule has 0 spiro atoms. The van der Waals surface area contributed by atoms with Crippen LogP contribution in [0, 0.1) is 11.8 Å². The van der Waals surface area contributed by atoms with Crippen LogP contribution in [0.4, 0.5) is 11.4 Å². The third-order valence-electron chi connectivity index (χ3n) is 14.8. The minimum atomic E-state index is -0.229. The Bertz CT molecular complexity index is 3220. The van der Waals surface area contributed by atoms with Crippen molar-refractivity contribution >= 4 is 40.0 Å². The molecule has 0 saturated heterocycles. The number of hydrogen-bond acceptors (Lipinski definition) is 1. The third kappa shape index (κ3) is 7.75. The van der Waals surface area contributed by atoms with Gasteiger partial charge in [0.2, 0.25) is 0 Å². The minimum Gasteiger partial charge on any atom is -0.333 e. The number of nitrogens with zero attached hydrogens (tertiary/aromatic N) is 2. The highest BCUT2D eigenvalue weighted by Crippen LogP contribution is 2.49. The van der Waals surface area contributed by atoms with Crippen LogP contribution in [0.25, 0.3) is 62.0 Å². The molecule has 1 aliphatic heterocycles. The number of allylic oxidation sites excluding steroid dienone is 12. The van der Waals surface area contributed by atoms with Crippen molar-refractivity contribution in [3.8, 4) is 33.4 Å². The highest BCUT2D eigenvalue weighted by Gasteiger charge is 2.35. The number of anilines is 2. The Hall–Kier alpha value is -7.42. The van der Waals surface area contributed by atoms with Crippen LogP contribution in [0.3, 0.4) is 0 Å². The summed E-state index contributed by atoms with van der Waals surface area (Å²) in [5.74, 6) is 1.08. The van der Waals surface area contributed by atoms with E-state index >= 15 is 0 Å². The molecule has 11 rings (SSSR count). The summed E-state index contributed by atoms with van der Waals surface area (Å²) in [5, 5.41) is 1.37.